The van der Waals surface area contributed by atoms with Crippen LogP contribution >= 0.6 is 0 Å². The number of aliphatic hydroxyl groups is 1. The molecule has 82 valence electrons. The van der Waals surface area contributed by atoms with Gasteiger partial charge in [-0.05, 0) is 36.8 Å². The number of rotatable bonds is 1. The number of fused-ring (bicyclic) bond motifs is 2. The standard InChI is InChI=1S/C13H14N2O/c16-13(9-4-3-5-10(9)13)11-8-14-15-7-2-1-6-12(11)15/h1-2,6-10,16H,3-5H2. The first-order valence-corrected chi connectivity index (χ1v) is 5.97. The second-order valence-electron chi connectivity index (χ2n) is 5.06. The molecule has 3 heteroatoms. The van der Waals surface area contributed by atoms with Crippen molar-refractivity contribution < 1.29 is 5.11 Å². The van der Waals surface area contributed by atoms with E-state index < -0.39 is 5.60 Å². The summed E-state index contributed by atoms with van der Waals surface area (Å²) in [5.41, 5.74) is 1.52. The average molecular weight is 214 g/mol. The van der Waals surface area contributed by atoms with Gasteiger partial charge in [0.1, 0.15) is 0 Å². The fourth-order valence-electron chi connectivity index (χ4n) is 3.56. The third kappa shape index (κ3) is 0.861. The van der Waals surface area contributed by atoms with Crippen molar-refractivity contribution in [2.24, 2.45) is 11.8 Å². The van der Waals surface area contributed by atoms with Crippen molar-refractivity contribution >= 4 is 5.52 Å². The molecule has 2 aliphatic rings. The minimum absolute atomic E-state index is 0.487. The summed E-state index contributed by atoms with van der Waals surface area (Å²) >= 11 is 0. The third-order valence-electron chi connectivity index (χ3n) is 4.40. The van der Waals surface area contributed by atoms with Crippen molar-refractivity contribution in [1.29, 1.82) is 0 Å². The second-order valence-corrected chi connectivity index (χ2v) is 5.06. The lowest BCUT2D eigenvalue weighted by Gasteiger charge is -2.12. The molecule has 2 heterocycles. The van der Waals surface area contributed by atoms with E-state index in [1.165, 1.54) is 19.3 Å². The molecule has 0 bridgehead atoms. The number of hydrogen-bond donors (Lipinski definition) is 1. The number of aromatic nitrogens is 2. The van der Waals surface area contributed by atoms with E-state index in [1.807, 2.05) is 35.1 Å². The van der Waals surface area contributed by atoms with E-state index in [-0.39, 0.29) is 0 Å². The molecular weight excluding hydrogens is 200 g/mol. The predicted molar refractivity (Wildman–Crippen MR) is 59.9 cm³/mol. The Bertz CT molecular complexity index is 550. The van der Waals surface area contributed by atoms with Gasteiger partial charge in [0, 0.05) is 11.8 Å². The summed E-state index contributed by atoms with van der Waals surface area (Å²) in [6.07, 6.45) is 7.39. The number of nitrogens with zero attached hydrogens (tertiary/aromatic N) is 2. The Morgan fingerprint density at radius 3 is 2.94 bits per heavy atom. The molecule has 2 atom stereocenters. The number of hydrogen-bond acceptors (Lipinski definition) is 2. The van der Waals surface area contributed by atoms with E-state index in [4.69, 9.17) is 0 Å². The van der Waals surface area contributed by atoms with Crippen LogP contribution in [0.5, 0.6) is 0 Å². The molecule has 16 heavy (non-hydrogen) atoms. The van der Waals surface area contributed by atoms with Crippen LogP contribution in [0.4, 0.5) is 0 Å². The van der Waals surface area contributed by atoms with Crippen LogP contribution in [0.1, 0.15) is 24.8 Å². The molecule has 3 nitrogen and oxygen atoms in total. The molecule has 0 amide bonds. The van der Waals surface area contributed by atoms with Gasteiger partial charge in [0.2, 0.25) is 0 Å². The van der Waals surface area contributed by atoms with Gasteiger partial charge in [-0.3, -0.25) is 0 Å². The molecule has 2 unspecified atom stereocenters. The fraction of sp³-hybridized carbons (Fsp3) is 0.462. The Labute approximate surface area is 93.7 Å². The lowest BCUT2D eigenvalue weighted by Crippen LogP contribution is -2.12. The molecule has 4 rings (SSSR count). The molecule has 2 saturated carbocycles. The molecule has 2 aliphatic carbocycles. The van der Waals surface area contributed by atoms with Gasteiger partial charge in [-0.15, -0.1) is 0 Å². The molecule has 2 aromatic heterocycles. The molecule has 2 aromatic rings. The minimum atomic E-state index is -0.568. The first-order chi connectivity index (χ1) is 7.82. The van der Waals surface area contributed by atoms with Gasteiger partial charge in [-0.25, -0.2) is 4.52 Å². The topological polar surface area (TPSA) is 37.5 Å². The smallest absolute Gasteiger partial charge is 0.0996 e. The molecule has 0 aromatic carbocycles. The molecule has 0 spiro atoms. The van der Waals surface area contributed by atoms with Crippen LogP contribution in [0.3, 0.4) is 0 Å². The zero-order valence-electron chi connectivity index (χ0n) is 9.00. The van der Waals surface area contributed by atoms with Crippen LogP contribution in [-0.2, 0) is 5.60 Å². The zero-order chi connectivity index (χ0) is 10.8. The van der Waals surface area contributed by atoms with Crippen LogP contribution in [0.25, 0.3) is 5.52 Å². The highest BCUT2D eigenvalue weighted by molar-refractivity contribution is 5.59. The molecule has 0 radical (unpaired) electrons. The zero-order valence-corrected chi connectivity index (χ0v) is 9.00. The largest absolute Gasteiger partial charge is 0.384 e. The fourth-order valence-corrected chi connectivity index (χ4v) is 3.56. The lowest BCUT2D eigenvalue weighted by molar-refractivity contribution is 0.107. The van der Waals surface area contributed by atoms with Gasteiger partial charge < -0.3 is 5.11 Å². The van der Waals surface area contributed by atoms with Gasteiger partial charge >= 0.3 is 0 Å². The van der Waals surface area contributed by atoms with E-state index >= 15 is 0 Å². The van der Waals surface area contributed by atoms with Crippen LogP contribution < -0.4 is 0 Å². The minimum Gasteiger partial charge on any atom is -0.384 e. The SMILES string of the molecule is OC1(c2cnn3ccccc23)C2CCCC21. The molecule has 1 N–H and O–H groups in total. The Morgan fingerprint density at radius 1 is 1.31 bits per heavy atom. The van der Waals surface area contributed by atoms with E-state index in [1.54, 1.807) is 0 Å². The monoisotopic (exact) mass is 214 g/mol. The summed E-state index contributed by atoms with van der Waals surface area (Å²) in [5.74, 6) is 0.974. The Kier molecular flexibility index (Phi) is 1.46. The molecular formula is C13H14N2O. The molecule has 0 aliphatic heterocycles. The van der Waals surface area contributed by atoms with Gasteiger partial charge in [0.25, 0.3) is 0 Å². The van der Waals surface area contributed by atoms with Gasteiger partial charge in [0.05, 0.1) is 17.3 Å². The average Bonchev–Trinajstić information content (AvgIpc) is 2.81. The first kappa shape index (κ1) is 8.76. The van der Waals surface area contributed by atoms with Gasteiger partial charge in [-0.2, -0.15) is 5.10 Å². The van der Waals surface area contributed by atoms with Crippen molar-refractivity contribution in [3.63, 3.8) is 0 Å². The maximum atomic E-state index is 10.7. The highest BCUT2D eigenvalue weighted by Crippen LogP contribution is 2.66. The summed E-state index contributed by atoms with van der Waals surface area (Å²) in [6.45, 7) is 0. The highest BCUT2D eigenvalue weighted by Gasteiger charge is 2.67. The quantitative estimate of drug-likeness (QED) is 0.787. The Hall–Kier alpha value is -1.35. The van der Waals surface area contributed by atoms with Crippen molar-refractivity contribution in [1.82, 2.24) is 9.61 Å². The normalized spacial score (nSPS) is 36.6. The Morgan fingerprint density at radius 2 is 2.12 bits per heavy atom. The van der Waals surface area contributed by atoms with Crippen molar-refractivity contribution in [2.75, 3.05) is 0 Å². The Balaban J connectivity index is 1.89. The number of pyridine rings is 1. The van der Waals surface area contributed by atoms with E-state index in [0.717, 1.165) is 11.1 Å². The summed E-state index contributed by atoms with van der Waals surface area (Å²) in [4.78, 5) is 0. The van der Waals surface area contributed by atoms with Gasteiger partial charge in [0.15, 0.2) is 0 Å². The summed E-state index contributed by atoms with van der Waals surface area (Å²) in [7, 11) is 0. The van der Waals surface area contributed by atoms with Crippen LogP contribution in [0, 0.1) is 11.8 Å². The second kappa shape index (κ2) is 2.66. The van der Waals surface area contributed by atoms with Crippen LogP contribution in [0.2, 0.25) is 0 Å². The molecule has 0 saturated heterocycles. The third-order valence-corrected chi connectivity index (χ3v) is 4.40. The van der Waals surface area contributed by atoms with Crippen molar-refractivity contribution in [3.05, 3.63) is 36.2 Å². The maximum absolute atomic E-state index is 10.7. The van der Waals surface area contributed by atoms with E-state index in [0.29, 0.717) is 11.8 Å². The predicted octanol–water partition coefficient (Wildman–Crippen LogP) is 1.95. The summed E-state index contributed by atoms with van der Waals surface area (Å²) < 4.78 is 1.85. The first-order valence-electron chi connectivity index (χ1n) is 5.97. The van der Waals surface area contributed by atoms with Gasteiger partial charge in [-0.1, -0.05) is 12.5 Å². The van der Waals surface area contributed by atoms with E-state index in [9.17, 15) is 5.11 Å². The summed E-state index contributed by atoms with van der Waals surface area (Å²) in [5, 5.41) is 15.0. The van der Waals surface area contributed by atoms with Crippen LogP contribution in [0.15, 0.2) is 30.6 Å². The van der Waals surface area contributed by atoms with Crippen molar-refractivity contribution in [2.45, 2.75) is 24.9 Å². The van der Waals surface area contributed by atoms with Crippen LogP contribution in [-0.4, -0.2) is 14.7 Å². The summed E-state index contributed by atoms with van der Waals surface area (Å²) in [6, 6.07) is 6.00. The van der Waals surface area contributed by atoms with Crippen molar-refractivity contribution in [3.8, 4) is 0 Å². The highest BCUT2D eigenvalue weighted by atomic mass is 16.3. The maximum Gasteiger partial charge on any atom is 0.0996 e. The lowest BCUT2D eigenvalue weighted by atomic mass is 10.0. The van der Waals surface area contributed by atoms with E-state index in [2.05, 4.69) is 5.10 Å². The molecule has 2 fully saturated rings.